The van der Waals surface area contributed by atoms with E-state index in [0.29, 0.717) is 16.2 Å². The monoisotopic (exact) mass is 338 g/mol. The topological polar surface area (TPSA) is 49.9 Å². The van der Waals surface area contributed by atoms with Crippen molar-refractivity contribution in [3.05, 3.63) is 63.9 Å². The van der Waals surface area contributed by atoms with Gasteiger partial charge in [-0.25, -0.2) is 4.39 Å². The van der Waals surface area contributed by atoms with E-state index in [1.807, 2.05) is 30.3 Å². The molecule has 2 rings (SSSR count). The number of benzene rings is 2. The first-order chi connectivity index (χ1) is 9.09. The number of nitrogen functional groups attached to an aromatic ring is 1. The van der Waals surface area contributed by atoms with Crippen molar-refractivity contribution in [3.63, 3.8) is 0 Å². The second kappa shape index (κ2) is 6.21. The van der Waals surface area contributed by atoms with Crippen LogP contribution >= 0.6 is 27.7 Å². The number of amidine groups is 1. The van der Waals surface area contributed by atoms with Crippen LogP contribution < -0.4 is 5.73 Å². The zero-order chi connectivity index (χ0) is 13.8. The average Bonchev–Trinajstić information content (AvgIpc) is 2.41. The summed E-state index contributed by atoms with van der Waals surface area (Å²) < 4.78 is 14.4. The van der Waals surface area contributed by atoms with Crippen molar-refractivity contribution in [2.45, 2.75) is 10.6 Å². The van der Waals surface area contributed by atoms with Crippen molar-refractivity contribution < 1.29 is 4.39 Å². The lowest BCUT2D eigenvalue weighted by molar-refractivity contribution is 0.594. The van der Waals surface area contributed by atoms with Gasteiger partial charge in [-0.15, -0.1) is 11.8 Å². The van der Waals surface area contributed by atoms with Crippen LogP contribution in [-0.4, -0.2) is 5.84 Å². The summed E-state index contributed by atoms with van der Waals surface area (Å²) >= 11 is 4.57. The van der Waals surface area contributed by atoms with Crippen LogP contribution in [0.5, 0.6) is 0 Å². The lowest BCUT2D eigenvalue weighted by Gasteiger charge is -2.08. The van der Waals surface area contributed by atoms with Crippen LogP contribution in [-0.2, 0) is 5.75 Å². The Bertz CT molecular complexity index is 602. The van der Waals surface area contributed by atoms with E-state index in [9.17, 15) is 4.39 Å². The highest BCUT2D eigenvalue weighted by atomic mass is 79.9. The van der Waals surface area contributed by atoms with Gasteiger partial charge in [0, 0.05) is 16.2 Å². The van der Waals surface area contributed by atoms with Gasteiger partial charge in [0.2, 0.25) is 0 Å². The first kappa shape index (κ1) is 14.1. The van der Waals surface area contributed by atoms with Gasteiger partial charge in [0.25, 0.3) is 0 Å². The summed E-state index contributed by atoms with van der Waals surface area (Å²) in [6.45, 7) is 0. The van der Waals surface area contributed by atoms with Gasteiger partial charge >= 0.3 is 0 Å². The standard InChI is InChI=1S/C14H12BrFN2S/c15-12-10(14(17)18)6-7-11(13(12)16)19-8-9-4-2-1-3-5-9/h1-7H,8H2,(H3,17,18). The highest BCUT2D eigenvalue weighted by Gasteiger charge is 2.13. The Morgan fingerprint density at radius 2 is 1.89 bits per heavy atom. The zero-order valence-electron chi connectivity index (χ0n) is 9.99. The molecule has 0 spiro atoms. The molecule has 98 valence electrons. The van der Waals surface area contributed by atoms with Gasteiger partial charge in [-0.2, -0.15) is 0 Å². The SMILES string of the molecule is N=C(N)c1ccc(SCc2ccccc2)c(F)c1Br. The minimum Gasteiger partial charge on any atom is -0.384 e. The summed E-state index contributed by atoms with van der Waals surface area (Å²) in [4.78, 5) is 0.542. The molecule has 0 fully saturated rings. The van der Waals surface area contributed by atoms with Crippen molar-refractivity contribution in [2.75, 3.05) is 0 Å². The Morgan fingerprint density at radius 1 is 1.21 bits per heavy atom. The predicted octanol–water partition coefficient (Wildman–Crippen LogP) is 4.16. The maximum atomic E-state index is 14.1. The molecule has 2 aromatic rings. The Hall–Kier alpha value is -1.33. The van der Waals surface area contributed by atoms with Gasteiger partial charge in [0.15, 0.2) is 5.82 Å². The largest absolute Gasteiger partial charge is 0.384 e. The predicted molar refractivity (Wildman–Crippen MR) is 81.1 cm³/mol. The molecule has 2 aromatic carbocycles. The molecule has 0 aliphatic carbocycles. The molecule has 0 aromatic heterocycles. The normalized spacial score (nSPS) is 10.4. The van der Waals surface area contributed by atoms with Crippen LogP contribution in [0.2, 0.25) is 0 Å². The average molecular weight is 339 g/mol. The number of nitrogens with two attached hydrogens (primary N) is 1. The third-order valence-electron chi connectivity index (χ3n) is 2.57. The smallest absolute Gasteiger partial charge is 0.151 e. The number of thioether (sulfide) groups is 1. The second-order valence-corrected chi connectivity index (χ2v) is 5.74. The first-order valence-electron chi connectivity index (χ1n) is 5.58. The third kappa shape index (κ3) is 3.36. The Kier molecular flexibility index (Phi) is 4.61. The molecule has 19 heavy (non-hydrogen) atoms. The Morgan fingerprint density at radius 3 is 2.53 bits per heavy atom. The molecular formula is C14H12BrFN2S. The quantitative estimate of drug-likeness (QED) is 0.499. The molecule has 0 bridgehead atoms. The summed E-state index contributed by atoms with van der Waals surface area (Å²) in [7, 11) is 0. The van der Waals surface area contributed by atoms with Crippen LogP contribution in [0.15, 0.2) is 51.8 Å². The molecule has 0 saturated carbocycles. The molecule has 0 amide bonds. The van der Waals surface area contributed by atoms with E-state index in [1.165, 1.54) is 11.8 Å². The Labute approximate surface area is 123 Å². The molecule has 0 atom stereocenters. The van der Waals surface area contributed by atoms with Gasteiger partial charge in [0.1, 0.15) is 5.84 Å². The molecule has 0 aliphatic heterocycles. The van der Waals surface area contributed by atoms with Gasteiger partial charge in [-0.05, 0) is 33.6 Å². The lowest BCUT2D eigenvalue weighted by atomic mass is 10.2. The van der Waals surface area contributed by atoms with Crippen molar-refractivity contribution in [2.24, 2.45) is 5.73 Å². The molecule has 0 radical (unpaired) electrons. The summed E-state index contributed by atoms with van der Waals surface area (Å²) in [5.41, 5.74) is 6.89. The van der Waals surface area contributed by atoms with E-state index >= 15 is 0 Å². The summed E-state index contributed by atoms with van der Waals surface area (Å²) in [6.07, 6.45) is 0. The molecule has 2 nitrogen and oxygen atoms in total. The lowest BCUT2D eigenvalue weighted by Crippen LogP contribution is -2.12. The highest BCUT2D eigenvalue weighted by molar-refractivity contribution is 9.10. The number of halogens is 2. The van der Waals surface area contributed by atoms with Gasteiger partial charge < -0.3 is 5.73 Å². The Balaban J connectivity index is 2.18. The minimum absolute atomic E-state index is 0.148. The maximum absolute atomic E-state index is 14.1. The maximum Gasteiger partial charge on any atom is 0.151 e. The van der Waals surface area contributed by atoms with E-state index in [0.717, 1.165) is 5.56 Å². The fourth-order valence-corrected chi connectivity index (χ4v) is 3.18. The van der Waals surface area contributed by atoms with E-state index in [-0.39, 0.29) is 16.1 Å². The van der Waals surface area contributed by atoms with E-state index in [1.54, 1.807) is 12.1 Å². The van der Waals surface area contributed by atoms with E-state index < -0.39 is 0 Å². The molecule has 0 unspecified atom stereocenters. The molecule has 3 N–H and O–H groups in total. The summed E-state index contributed by atoms with van der Waals surface area (Å²) in [5, 5.41) is 7.35. The number of rotatable bonds is 4. The number of nitrogens with one attached hydrogen (secondary N) is 1. The van der Waals surface area contributed by atoms with Crippen LogP contribution in [0.4, 0.5) is 4.39 Å². The van der Waals surface area contributed by atoms with Gasteiger partial charge in [-0.1, -0.05) is 30.3 Å². The molecule has 0 saturated heterocycles. The fourth-order valence-electron chi connectivity index (χ4n) is 1.59. The molecular weight excluding hydrogens is 327 g/mol. The third-order valence-corrected chi connectivity index (χ3v) is 4.45. The summed E-state index contributed by atoms with van der Waals surface area (Å²) in [5.74, 6) is 0.183. The molecule has 0 heterocycles. The molecule has 0 aliphatic rings. The highest BCUT2D eigenvalue weighted by Crippen LogP contribution is 2.31. The molecule has 5 heteroatoms. The number of hydrogen-bond donors (Lipinski definition) is 2. The van der Waals surface area contributed by atoms with Crippen molar-refractivity contribution in [1.82, 2.24) is 0 Å². The summed E-state index contributed by atoms with van der Waals surface area (Å²) in [6, 6.07) is 13.2. The van der Waals surface area contributed by atoms with Crippen LogP contribution in [0, 0.1) is 11.2 Å². The van der Waals surface area contributed by atoms with Crippen molar-refractivity contribution in [1.29, 1.82) is 5.41 Å². The second-order valence-electron chi connectivity index (χ2n) is 3.93. The minimum atomic E-state index is -0.367. The fraction of sp³-hybridized carbons (Fsp3) is 0.0714. The van der Waals surface area contributed by atoms with E-state index in [2.05, 4.69) is 15.9 Å². The van der Waals surface area contributed by atoms with Gasteiger partial charge in [-0.3, -0.25) is 5.41 Å². The van der Waals surface area contributed by atoms with Crippen LogP contribution in [0.3, 0.4) is 0 Å². The van der Waals surface area contributed by atoms with Crippen molar-refractivity contribution >= 4 is 33.5 Å². The van der Waals surface area contributed by atoms with Crippen molar-refractivity contribution in [3.8, 4) is 0 Å². The zero-order valence-corrected chi connectivity index (χ0v) is 12.4. The number of hydrogen-bond acceptors (Lipinski definition) is 2. The van der Waals surface area contributed by atoms with E-state index in [4.69, 9.17) is 11.1 Å². The van der Waals surface area contributed by atoms with Gasteiger partial charge in [0.05, 0.1) is 4.47 Å². The van der Waals surface area contributed by atoms with Crippen LogP contribution in [0.1, 0.15) is 11.1 Å². The first-order valence-corrected chi connectivity index (χ1v) is 7.36. The van der Waals surface area contributed by atoms with Crippen LogP contribution in [0.25, 0.3) is 0 Å².